The van der Waals surface area contributed by atoms with E-state index in [0.717, 1.165) is 0 Å². The second-order valence-electron chi connectivity index (χ2n) is 5.09. The molecular formula is C18H14N4O3. The van der Waals surface area contributed by atoms with Crippen LogP contribution in [0.5, 0.6) is 0 Å². The van der Waals surface area contributed by atoms with E-state index in [1.807, 2.05) is 18.2 Å². The molecule has 1 aromatic heterocycles. The summed E-state index contributed by atoms with van der Waals surface area (Å²) in [6, 6.07) is 19.6. The molecule has 3 aromatic rings. The lowest BCUT2D eigenvalue weighted by atomic mass is 10.2. The molecule has 0 radical (unpaired) electrons. The van der Waals surface area contributed by atoms with E-state index in [2.05, 4.69) is 10.3 Å². The molecule has 0 bridgehead atoms. The van der Waals surface area contributed by atoms with Crippen molar-refractivity contribution in [1.29, 1.82) is 0 Å². The van der Waals surface area contributed by atoms with Gasteiger partial charge < -0.3 is 5.32 Å². The summed E-state index contributed by atoms with van der Waals surface area (Å²) in [6.45, 7) is 0. The Morgan fingerprint density at radius 1 is 0.960 bits per heavy atom. The highest BCUT2D eigenvalue weighted by molar-refractivity contribution is 6.06. The number of nitrogens with one attached hydrogen (secondary N) is 1. The maximum atomic E-state index is 12.8. The maximum Gasteiger partial charge on any atom is 0.332 e. The molecule has 0 aliphatic heterocycles. The number of carbonyl (C=O) groups excluding carboxylic acids is 1. The first kappa shape index (κ1) is 16.1. The van der Waals surface area contributed by atoms with Gasteiger partial charge in [0.15, 0.2) is 0 Å². The van der Waals surface area contributed by atoms with Gasteiger partial charge in [-0.2, -0.15) is 0 Å². The number of hydrogen-bond donors (Lipinski definition) is 1. The molecule has 1 N–H and O–H groups in total. The molecule has 2 aromatic carbocycles. The monoisotopic (exact) mass is 334 g/mol. The van der Waals surface area contributed by atoms with Crippen molar-refractivity contribution in [3.63, 3.8) is 0 Å². The summed E-state index contributed by atoms with van der Waals surface area (Å²) in [6.07, 6.45) is 1.60. The maximum absolute atomic E-state index is 12.8. The van der Waals surface area contributed by atoms with Gasteiger partial charge in [0, 0.05) is 24.0 Å². The van der Waals surface area contributed by atoms with Gasteiger partial charge in [-0.25, -0.2) is 14.7 Å². The topological polar surface area (TPSA) is 88.4 Å². The standard InChI is InChI=1S/C18H14N4O3/c23-18(20-14-9-11-16(12-10-14)22(24)25)21(15-6-2-1-3-7-15)17-8-4-5-13-19-17/h1-13H,(H,20,23). The molecule has 124 valence electrons. The molecular weight excluding hydrogens is 320 g/mol. The molecule has 1 heterocycles. The Morgan fingerprint density at radius 3 is 2.24 bits per heavy atom. The third-order valence-corrected chi connectivity index (χ3v) is 3.43. The van der Waals surface area contributed by atoms with Gasteiger partial charge in [0.2, 0.25) is 0 Å². The van der Waals surface area contributed by atoms with Gasteiger partial charge in [-0.1, -0.05) is 24.3 Å². The number of nitro benzene ring substituents is 1. The van der Waals surface area contributed by atoms with Crippen LogP contribution in [0.15, 0.2) is 79.0 Å². The predicted octanol–water partition coefficient (Wildman–Crippen LogP) is 4.36. The van der Waals surface area contributed by atoms with Gasteiger partial charge in [-0.3, -0.25) is 10.1 Å². The largest absolute Gasteiger partial charge is 0.332 e. The van der Waals surface area contributed by atoms with E-state index in [9.17, 15) is 14.9 Å². The van der Waals surface area contributed by atoms with Crippen LogP contribution >= 0.6 is 0 Å². The van der Waals surface area contributed by atoms with E-state index < -0.39 is 11.0 Å². The molecule has 25 heavy (non-hydrogen) atoms. The number of aromatic nitrogens is 1. The summed E-state index contributed by atoms with van der Waals surface area (Å²) in [7, 11) is 0. The summed E-state index contributed by atoms with van der Waals surface area (Å²) in [5.74, 6) is 0.466. The number of nitrogens with zero attached hydrogens (tertiary/aromatic N) is 3. The normalized spacial score (nSPS) is 10.1. The van der Waals surface area contributed by atoms with Crippen molar-refractivity contribution in [3.05, 3.63) is 89.1 Å². The first-order valence-electron chi connectivity index (χ1n) is 7.47. The average Bonchev–Trinajstić information content (AvgIpc) is 2.64. The molecule has 0 atom stereocenters. The van der Waals surface area contributed by atoms with E-state index in [4.69, 9.17) is 0 Å². The lowest BCUT2D eigenvalue weighted by Crippen LogP contribution is -2.31. The minimum absolute atomic E-state index is 0.0392. The van der Waals surface area contributed by atoms with Crippen LogP contribution in [0.1, 0.15) is 0 Å². The van der Waals surface area contributed by atoms with Crippen molar-refractivity contribution in [1.82, 2.24) is 4.98 Å². The molecule has 0 aliphatic rings. The van der Waals surface area contributed by atoms with Crippen molar-refractivity contribution in [2.45, 2.75) is 0 Å². The van der Waals surface area contributed by atoms with Crippen LogP contribution in [-0.2, 0) is 0 Å². The van der Waals surface area contributed by atoms with Crippen LogP contribution in [0.25, 0.3) is 0 Å². The number of carbonyl (C=O) groups is 1. The lowest BCUT2D eigenvalue weighted by molar-refractivity contribution is -0.384. The number of urea groups is 1. The number of pyridine rings is 1. The Kier molecular flexibility index (Phi) is 4.66. The van der Waals surface area contributed by atoms with Crippen LogP contribution in [0.2, 0.25) is 0 Å². The highest BCUT2D eigenvalue weighted by Crippen LogP contribution is 2.24. The summed E-state index contributed by atoms with van der Waals surface area (Å²) in [5, 5.41) is 13.4. The fourth-order valence-corrected chi connectivity index (χ4v) is 2.26. The zero-order valence-electron chi connectivity index (χ0n) is 13.1. The summed E-state index contributed by atoms with van der Waals surface area (Å²) >= 11 is 0. The van der Waals surface area contributed by atoms with Crippen molar-refractivity contribution in [2.24, 2.45) is 0 Å². The molecule has 7 heteroatoms. The number of hydrogen-bond acceptors (Lipinski definition) is 4. The van der Waals surface area contributed by atoms with E-state index in [0.29, 0.717) is 17.2 Å². The fourth-order valence-electron chi connectivity index (χ4n) is 2.26. The lowest BCUT2D eigenvalue weighted by Gasteiger charge is -2.22. The molecule has 0 aliphatic carbocycles. The third-order valence-electron chi connectivity index (χ3n) is 3.43. The number of nitro groups is 1. The van der Waals surface area contributed by atoms with Crippen LogP contribution in [0.3, 0.4) is 0 Å². The van der Waals surface area contributed by atoms with Crippen LogP contribution in [0, 0.1) is 10.1 Å². The van der Waals surface area contributed by atoms with Crippen LogP contribution in [0.4, 0.5) is 27.7 Å². The van der Waals surface area contributed by atoms with Crippen molar-refractivity contribution in [2.75, 3.05) is 10.2 Å². The summed E-state index contributed by atoms with van der Waals surface area (Å²) in [4.78, 5) is 28.7. The zero-order chi connectivity index (χ0) is 17.6. The zero-order valence-corrected chi connectivity index (χ0v) is 13.1. The molecule has 7 nitrogen and oxygen atoms in total. The Labute approximate surface area is 143 Å². The number of benzene rings is 2. The van der Waals surface area contributed by atoms with Crippen molar-refractivity contribution in [3.8, 4) is 0 Å². The molecule has 2 amide bonds. The van der Waals surface area contributed by atoms with E-state index >= 15 is 0 Å². The number of non-ortho nitro benzene ring substituents is 1. The van der Waals surface area contributed by atoms with Gasteiger partial charge in [0.05, 0.1) is 10.6 Å². The van der Waals surface area contributed by atoms with Crippen molar-refractivity contribution < 1.29 is 9.72 Å². The second kappa shape index (κ2) is 7.22. The Hall–Kier alpha value is -3.74. The summed E-state index contributed by atoms with van der Waals surface area (Å²) in [5.41, 5.74) is 1.07. The minimum Gasteiger partial charge on any atom is -0.307 e. The minimum atomic E-state index is -0.490. The quantitative estimate of drug-likeness (QED) is 0.567. The molecule has 0 spiro atoms. The Morgan fingerprint density at radius 2 is 1.64 bits per heavy atom. The van der Waals surface area contributed by atoms with Crippen LogP contribution in [-0.4, -0.2) is 15.9 Å². The molecule has 0 saturated heterocycles. The number of anilines is 3. The smallest absolute Gasteiger partial charge is 0.307 e. The number of rotatable bonds is 4. The molecule has 0 unspecified atom stereocenters. The average molecular weight is 334 g/mol. The molecule has 0 fully saturated rings. The third kappa shape index (κ3) is 3.78. The SMILES string of the molecule is O=C(Nc1ccc([N+](=O)[O-])cc1)N(c1ccccc1)c1ccccn1. The number of amides is 2. The highest BCUT2D eigenvalue weighted by atomic mass is 16.6. The van der Waals surface area contributed by atoms with E-state index in [1.165, 1.54) is 29.2 Å². The van der Waals surface area contributed by atoms with Gasteiger partial charge in [-0.05, 0) is 36.4 Å². The highest BCUT2D eigenvalue weighted by Gasteiger charge is 2.19. The summed E-state index contributed by atoms with van der Waals surface area (Å²) < 4.78 is 0. The Bertz CT molecular complexity index is 828. The number of para-hydroxylation sites is 1. The fraction of sp³-hybridized carbons (Fsp3) is 0. The van der Waals surface area contributed by atoms with Crippen molar-refractivity contribution >= 4 is 28.9 Å². The second-order valence-corrected chi connectivity index (χ2v) is 5.09. The van der Waals surface area contributed by atoms with E-state index in [1.54, 1.807) is 36.5 Å². The van der Waals surface area contributed by atoms with Gasteiger partial charge >= 0.3 is 6.03 Å². The van der Waals surface area contributed by atoms with Gasteiger partial charge in [-0.15, -0.1) is 0 Å². The van der Waals surface area contributed by atoms with Gasteiger partial charge in [0.1, 0.15) is 5.82 Å². The molecule has 0 saturated carbocycles. The van der Waals surface area contributed by atoms with E-state index in [-0.39, 0.29) is 5.69 Å². The molecule has 3 rings (SSSR count). The predicted molar refractivity (Wildman–Crippen MR) is 94.9 cm³/mol. The Balaban J connectivity index is 1.88. The van der Waals surface area contributed by atoms with Gasteiger partial charge in [0.25, 0.3) is 5.69 Å². The first-order chi connectivity index (χ1) is 12.1. The van der Waals surface area contributed by atoms with Crippen LogP contribution < -0.4 is 10.2 Å². The first-order valence-corrected chi connectivity index (χ1v) is 7.47.